The smallest absolute Gasteiger partial charge is 0.159 e. The zero-order valence-corrected chi connectivity index (χ0v) is 9.82. The second-order valence-corrected chi connectivity index (χ2v) is 4.37. The largest absolute Gasteiger partial charge is 0.350 e. The standard InChI is InChI=1S/C12H16ClNO2/c13-11-4-2-1-3-9(11)7-10(14)8-12-15-5-6-16-12/h1-4,10,12H,5-8,14H2. The lowest BCUT2D eigenvalue weighted by molar-refractivity contribution is -0.0504. The lowest BCUT2D eigenvalue weighted by Gasteiger charge is -2.16. The highest BCUT2D eigenvalue weighted by atomic mass is 35.5. The van der Waals surface area contributed by atoms with Gasteiger partial charge in [-0.25, -0.2) is 0 Å². The third kappa shape index (κ3) is 3.19. The Morgan fingerprint density at radius 2 is 2.00 bits per heavy atom. The van der Waals surface area contributed by atoms with Gasteiger partial charge in [0.15, 0.2) is 6.29 Å². The molecule has 0 saturated carbocycles. The fraction of sp³-hybridized carbons (Fsp3) is 0.500. The first-order valence-corrected chi connectivity index (χ1v) is 5.85. The van der Waals surface area contributed by atoms with E-state index >= 15 is 0 Å². The van der Waals surface area contributed by atoms with Crippen LogP contribution in [0, 0.1) is 0 Å². The van der Waals surface area contributed by atoms with Crippen LogP contribution in [0.2, 0.25) is 5.02 Å². The molecule has 1 unspecified atom stereocenters. The van der Waals surface area contributed by atoms with Gasteiger partial charge in [-0.05, 0) is 18.1 Å². The van der Waals surface area contributed by atoms with E-state index in [-0.39, 0.29) is 12.3 Å². The molecule has 4 heteroatoms. The number of hydrogen-bond donors (Lipinski definition) is 1. The fourth-order valence-corrected chi connectivity index (χ4v) is 2.03. The van der Waals surface area contributed by atoms with E-state index in [1.807, 2.05) is 24.3 Å². The molecule has 0 aliphatic carbocycles. The molecule has 16 heavy (non-hydrogen) atoms. The van der Waals surface area contributed by atoms with Crippen LogP contribution in [0.1, 0.15) is 12.0 Å². The molecule has 0 bridgehead atoms. The van der Waals surface area contributed by atoms with Crippen LogP contribution >= 0.6 is 11.6 Å². The molecule has 2 N–H and O–H groups in total. The minimum atomic E-state index is -0.141. The summed E-state index contributed by atoms with van der Waals surface area (Å²) in [7, 11) is 0. The third-order valence-corrected chi connectivity index (χ3v) is 2.99. The number of nitrogens with two attached hydrogens (primary N) is 1. The number of halogens is 1. The van der Waals surface area contributed by atoms with Crippen molar-refractivity contribution in [3.8, 4) is 0 Å². The van der Waals surface area contributed by atoms with Gasteiger partial charge < -0.3 is 15.2 Å². The Bertz CT molecular complexity index is 340. The van der Waals surface area contributed by atoms with Crippen molar-refractivity contribution < 1.29 is 9.47 Å². The van der Waals surface area contributed by atoms with Gasteiger partial charge in [0.05, 0.1) is 13.2 Å². The molecule has 1 aliphatic heterocycles. The minimum Gasteiger partial charge on any atom is -0.350 e. The van der Waals surface area contributed by atoms with Crippen LogP contribution in [0.15, 0.2) is 24.3 Å². The lowest BCUT2D eigenvalue weighted by atomic mass is 10.0. The van der Waals surface area contributed by atoms with Gasteiger partial charge in [-0.1, -0.05) is 29.8 Å². The van der Waals surface area contributed by atoms with Crippen LogP contribution in [-0.2, 0) is 15.9 Å². The van der Waals surface area contributed by atoms with Crippen LogP contribution in [0.4, 0.5) is 0 Å². The zero-order valence-electron chi connectivity index (χ0n) is 9.06. The van der Waals surface area contributed by atoms with Gasteiger partial charge in [0, 0.05) is 17.5 Å². The van der Waals surface area contributed by atoms with Crippen LogP contribution in [-0.4, -0.2) is 25.5 Å². The van der Waals surface area contributed by atoms with Crippen molar-refractivity contribution >= 4 is 11.6 Å². The summed E-state index contributed by atoms with van der Waals surface area (Å²) < 4.78 is 10.7. The Morgan fingerprint density at radius 1 is 1.31 bits per heavy atom. The van der Waals surface area contributed by atoms with Gasteiger partial charge in [-0.15, -0.1) is 0 Å². The van der Waals surface area contributed by atoms with Crippen LogP contribution in [0.25, 0.3) is 0 Å². The maximum absolute atomic E-state index is 6.07. The van der Waals surface area contributed by atoms with Gasteiger partial charge in [-0.3, -0.25) is 0 Å². The molecule has 88 valence electrons. The SMILES string of the molecule is NC(Cc1ccccc1Cl)CC1OCCO1. The van der Waals surface area contributed by atoms with E-state index in [1.54, 1.807) is 0 Å². The molecule has 0 amide bonds. The Labute approximate surface area is 100 Å². The summed E-state index contributed by atoms with van der Waals surface area (Å²) >= 11 is 6.07. The van der Waals surface area contributed by atoms with Gasteiger partial charge in [0.1, 0.15) is 0 Å². The molecule has 1 saturated heterocycles. The Morgan fingerprint density at radius 3 is 2.69 bits per heavy atom. The molecule has 3 nitrogen and oxygen atoms in total. The molecule has 1 aliphatic rings. The summed E-state index contributed by atoms with van der Waals surface area (Å²) in [4.78, 5) is 0. The summed E-state index contributed by atoms with van der Waals surface area (Å²) in [6, 6.07) is 7.78. The summed E-state index contributed by atoms with van der Waals surface area (Å²) in [6.07, 6.45) is 1.33. The molecule has 1 atom stereocenters. The van der Waals surface area contributed by atoms with Gasteiger partial charge >= 0.3 is 0 Å². The molecule has 1 aromatic rings. The monoisotopic (exact) mass is 241 g/mol. The highest BCUT2D eigenvalue weighted by molar-refractivity contribution is 6.31. The van der Waals surface area contributed by atoms with E-state index in [0.717, 1.165) is 17.0 Å². The third-order valence-electron chi connectivity index (χ3n) is 2.63. The normalized spacial score (nSPS) is 18.9. The van der Waals surface area contributed by atoms with E-state index in [0.29, 0.717) is 19.6 Å². The highest BCUT2D eigenvalue weighted by Gasteiger charge is 2.19. The maximum Gasteiger partial charge on any atom is 0.159 e. The molecule has 2 rings (SSSR count). The molecule has 0 radical (unpaired) electrons. The van der Waals surface area contributed by atoms with E-state index < -0.39 is 0 Å². The molecule has 1 fully saturated rings. The Balaban J connectivity index is 1.86. The van der Waals surface area contributed by atoms with E-state index in [1.165, 1.54) is 0 Å². The quantitative estimate of drug-likeness (QED) is 0.877. The summed E-state index contributed by atoms with van der Waals surface area (Å²) in [5.41, 5.74) is 7.11. The summed E-state index contributed by atoms with van der Waals surface area (Å²) in [5, 5.41) is 0.770. The number of benzene rings is 1. The van der Waals surface area contributed by atoms with Crippen molar-refractivity contribution in [1.82, 2.24) is 0 Å². The maximum atomic E-state index is 6.07. The lowest BCUT2D eigenvalue weighted by Crippen LogP contribution is -2.28. The minimum absolute atomic E-state index is 0.0167. The van der Waals surface area contributed by atoms with E-state index in [2.05, 4.69) is 0 Å². The van der Waals surface area contributed by atoms with Crippen LogP contribution in [0.3, 0.4) is 0 Å². The van der Waals surface area contributed by atoms with Crippen molar-refractivity contribution in [1.29, 1.82) is 0 Å². The van der Waals surface area contributed by atoms with Gasteiger partial charge in [0.2, 0.25) is 0 Å². The topological polar surface area (TPSA) is 44.5 Å². The van der Waals surface area contributed by atoms with Crippen LogP contribution in [0.5, 0.6) is 0 Å². The summed E-state index contributed by atoms with van der Waals surface area (Å²) in [5.74, 6) is 0. The van der Waals surface area contributed by atoms with E-state index in [4.69, 9.17) is 26.8 Å². The first-order valence-electron chi connectivity index (χ1n) is 5.48. The van der Waals surface area contributed by atoms with Crippen molar-refractivity contribution in [3.05, 3.63) is 34.9 Å². The number of ether oxygens (including phenoxy) is 2. The average Bonchev–Trinajstić information content (AvgIpc) is 2.74. The molecular formula is C12H16ClNO2. The average molecular weight is 242 g/mol. The Hall–Kier alpha value is -0.610. The zero-order chi connectivity index (χ0) is 11.4. The Kier molecular flexibility index (Phi) is 4.18. The molecule has 0 spiro atoms. The van der Waals surface area contributed by atoms with Crippen LogP contribution < -0.4 is 5.73 Å². The second-order valence-electron chi connectivity index (χ2n) is 3.96. The van der Waals surface area contributed by atoms with Crippen molar-refractivity contribution in [2.24, 2.45) is 5.73 Å². The summed E-state index contributed by atoms with van der Waals surface area (Å²) in [6.45, 7) is 1.34. The number of rotatable bonds is 4. The number of hydrogen-bond acceptors (Lipinski definition) is 3. The predicted octanol–water partition coefficient (Wildman–Crippen LogP) is 1.97. The molecule has 1 heterocycles. The van der Waals surface area contributed by atoms with Gasteiger partial charge in [0.25, 0.3) is 0 Å². The molecule has 1 aromatic carbocycles. The molecular weight excluding hydrogens is 226 g/mol. The van der Waals surface area contributed by atoms with Crippen molar-refractivity contribution in [2.75, 3.05) is 13.2 Å². The fourth-order valence-electron chi connectivity index (χ4n) is 1.82. The van der Waals surface area contributed by atoms with Crippen molar-refractivity contribution in [3.63, 3.8) is 0 Å². The van der Waals surface area contributed by atoms with Crippen molar-refractivity contribution in [2.45, 2.75) is 25.2 Å². The predicted molar refractivity (Wildman–Crippen MR) is 63.4 cm³/mol. The first kappa shape index (κ1) is 11.9. The second kappa shape index (κ2) is 5.64. The van der Waals surface area contributed by atoms with E-state index in [9.17, 15) is 0 Å². The van der Waals surface area contributed by atoms with Gasteiger partial charge in [-0.2, -0.15) is 0 Å². The first-order chi connectivity index (χ1) is 7.75. The molecule has 0 aromatic heterocycles. The highest BCUT2D eigenvalue weighted by Crippen LogP contribution is 2.18.